The third kappa shape index (κ3) is 4.26. The maximum Gasteiger partial charge on any atom is 0.255 e. The molecule has 0 unspecified atom stereocenters. The highest BCUT2D eigenvalue weighted by Gasteiger charge is 2.24. The van der Waals surface area contributed by atoms with Crippen LogP contribution in [0.1, 0.15) is 30.6 Å². The lowest BCUT2D eigenvalue weighted by atomic mass is 10.0. The predicted molar refractivity (Wildman–Crippen MR) is 79.3 cm³/mol. The molecule has 0 heterocycles. The number of nitrogens with one attached hydrogen (secondary N) is 1. The van der Waals surface area contributed by atoms with Crippen molar-refractivity contribution in [1.82, 2.24) is 5.32 Å². The summed E-state index contributed by atoms with van der Waals surface area (Å²) >= 11 is 0. The normalized spacial score (nSPS) is 11.0. The van der Waals surface area contributed by atoms with Gasteiger partial charge in [-0.15, -0.1) is 0 Å². The Labute approximate surface area is 125 Å². The van der Waals surface area contributed by atoms with Crippen LogP contribution in [0.25, 0.3) is 0 Å². The second-order valence-electron chi connectivity index (χ2n) is 5.22. The molecule has 0 fully saturated rings. The molecule has 0 saturated carbocycles. The summed E-state index contributed by atoms with van der Waals surface area (Å²) in [5, 5.41) is 11.9. The zero-order chi connectivity index (χ0) is 16.0. The summed E-state index contributed by atoms with van der Waals surface area (Å²) in [6.45, 7) is 3.68. The van der Waals surface area contributed by atoms with E-state index in [-0.39, 0.29) is 12.5 Å². The molecule has 1 amide bonds. The van der Waals surface area contributed by atoms with Crippen LogP contribution in [0.3, 0.4) is 0 Å². The summed E-state index contributed by atoms with van der Waals surface area (Å²) in [5.74, 6) is 1.03. The van der Waals surface area contributed by atoms with Crippen LogP contribution in [0.4, 0.5) is 0 Å². The van der Waals surface area contributed by atoms with Crippen LogP contribution in [-0.2, 0) is 0 Å². The number of carbonyl (C=O) groups excluding carboxylic acids is 1. The number of ether oxygens (including phenoxy) is 3. The van der Waals surface area contributed by atoms with Crippen molar-refractivity contribution in [3.63, 3.8) is 0 Å². The van der Waals surface area contributed by atoms with Gasteiger partial charge in [-0.05, 0) is 20.3 Å². The minimum Gasteiger partial charge on any atom is -0.496 e. The summed E-state index contributed by atoms with van der Waals surface area (Å²) in [5.41, 5.74) is -0.176. The second-order valence-corrected chi connectivity index (χ2v) is 5.22. The van der Waals surface area contributed by atoms with Gasteiger partial charge in [0.05, 0.1) is 26.9 Å². The van der Waals surface area contributed by atoms with Gasteiger partial charge in [-0.3, -0.25) is 4.79 Å². The lowest BCUT2D eigenvalue weighted by Gasteiger charge is -2.26. The molecule has 0 radical (unpaired) electrons. The van der Waals surface area contributed by atoms with Crippen molar-refractivity contribution >= 4 is 5.91 Å². The average Bonchev–Trinajstić information content (AvgIpc) is 2.44. The Kier molecular flexibility index (Phi) is 5.84. The minimum atomic E-state index is -0.524. The Hall–Kier alpha value is -1.95. The minimum absolute atomic E-state index is 0.00362. The van der Waals surface area contributed by atoms with Crippen LogP contribution < -0.4 is 19.5 Å². The molecule has 1 rings (SSSR count). The number of rotatable bonds is 7. The highest BCUT2D eigenvalue weighted by molar-refractivity contribution is 5.98. The molecule has 1 aromatic rings. The number of amides is 1. The van der Waals surface area contributed by atoms with Crippen molar-refractivity contribution in [3.8, 4) is 17.2 Å². The van der Waals surface area contributed by atoms with E-state index in [4.69, 9.17) is 19.3 Å². The molecule has 1 aromatic carbocycles. The molecular formula is C15H23NO5. The van der Waals surface area contributed by atoms with Crippen LogP contribution in [0.5, 0.6) is 17.2 Å². The molecule has 0 aliphatic carbocycles. The fourth-order valence-electron chi connectivity index (χ4n) is 1.92. The van der Waals surface area contributed by atoms with Gasteiger partial charge in [-0.25, -0.2) is 0 Å². The van der Waals surface area contributed by atoms with Gasteiger partial charge in [-0.1, -0.05) is 0 Å². The van der Waals surface area contributed by atoms with Crippen LogP contribution in [0.15, 0.2) is 12.1 Å². The summed E-state index contributed by atoms with van der Waals surface area (Å²) in [6.07, 6.45) is 0.453. The molecule has 2 N–H and O–H groups in total. The highest BCUT2D eigenvalue weighted by atomic mass is 16.5. The molecule has 118 valence electrons. The molecule has 6 nitrogen and oxygen atoms in total. The number of hydrogen-bond donors (Lipinski definition) is 2. The number of hydrogen-bond acceptors (Lipinski definition) is 5. The van der Waals surface area contributed by atoms with Crippen molar-refractivity contribution in [2.75, 3.05) is 27.9 Å². The fraction of sp³-hybridized carbons (Fsp3) is 0.533. The van der Waals surface area contributed by atoms with Gasteiger partial charge in [0.15, 0.2) is 11.5 Å². The van der Waals surface area contributed by atoms with E-state index in [1.807, 2.05) is 13.8 Å². The largest absolute Gasteiger partial charge is 0.496 e. The number of aliphatic hydroxyl groups is 1. The topological polar surface area (TPSA) is 77.0 Å². The van der Waals surface area contributed by atoms with E-state index >= 15 is 0 Å². The first-order valence-electron chi connectivity index (χ1n) is 6.62. The Morgan fingerprint density at radius 3 is 2.10 bits per heavy atom. The zero-order valence-electron chi connectivity index (χ0n) is 13.1. The molecule has 0 atom stereocenters. The molecule has 0 aromatic heterocycles. The molecular weight excluding hydrogens is 274 g/mol. The summed E-state index contributed by atoms with van der Waals surface area (Å²) < 4.78 is 15.6. The summed E-state index contributed by atoms with van der Waals surface area (Å²) in [7, 11) is 4.50. The van der Waals surface area contributed by atoms with Crippen LogP contribution >= 0.6 is 0 Å². The maximum absolute atomic E-state index is 12.4. The number of benzene rings is 1. The monoisotopic (exact) mass is 297 g/mol. The van der Waals surface area contributed by atoms with E-state index in [0.29, 0.717) is 29.2 Å². The quantitative estimate of drug-likeness (QED) is 0.799. The first-order chi connectivity index (χ1) is 9.88. The van der Waals surface area contributed by atoms with Gasteiger partial charge in [-0.2, -0.15) is 0 Å². The van der Waals surface area contributed by atoms with E-state index in [0.717, 1.165) is 0 Å². The Balaban J connectivity index is 3.13. The lowest BCUT2D eigenvalue weighted by molar-refractivity contribution is 0.0896. The van der Waals surface area contributed by atoms with E-state index in [1.165, 1.54) is 21.3 Å². The van der Waals surface area contributed by atoms with E-state index in [1.54, 1.807) is 12.1 Å². The van der Waals surface area contributed by atoms with Crippen molar-refractivity contribution < 1.29 is 24.1 Å². The van der Waals surface area contributed by atoms with Gasteiger partial charge in [0.2, 0.25) is 0 Å². The first-order valence-corrected chi connectivity index (χ1v) is 6.62. The summed E-state index contributed by atoms with van der Waals surface area (Å²) in [4.78, 5) is 12.4. The van der Waals surface area contributed by atoms with Gasteiger partial charge >= 0.3 is 0 Å². The van der Waals surface area contributed by atoms with Crippen LogP contribution in [0.2, 0.25) is 0 Å². The Bertz CT molecular complexity index is 499. The molecule has 0 spiro atoms. The number of aliphatic hydroxyl groups excluding tert-OH is 1. The molecule has 0 bridgehead atoms. The molecule has 0 aliphatic heterocycles. The van der Waals surface area contributed by atoms with Crippen LogP contribution in [-0.4, -0.2) is 44.5 Å². The van der Waals surface area contributed by atoms with E-state index < -0.39 is 5.54 Å². The second kappa shape index (κ2) is 7.17. The third-order valence-corrected chi connectivity index (χ3v) is 3.14. The van der Waals surface area contributed by atoms with Crippen molar-refractivity contribution in [3.05, 3.63) is 17.7 Å². The molecule has 0 saturated heterocycles. The Morgan fingerprint density at radius 2 is 1.62 bits per heavy atom. The van der Waals surface area contributed by atoms with Crippen molar-refractivity contribution in [1.29, 1.82) is 0 Å². The maximum atomic E-state index is 12.4. The lowest BCUT2D eigenvalue weighted by Crippen LogP contribution is -2.44. The van der Waals surface area contributed by atoms with Gasteiger partial charge < -0.3 is 24.6 Å². The number of methoxy groups -OCH3 is 3. The first kappa shape index (κ1) is 17.1. The average molecular weight is 297 g/mol. The van der Waals surface area contributed by atoms with Crippen LogP contribution in [0, 0.1) is 0 Å². The molecule has 21 heavy (non-hydrogen) atoms. The predicted octanol–water partition coefficient (Wildman–Crippen LogP) is 1.60. The zero-order valence-corrected chi connectivity index (χ0v) is 13.1. The van der Waals surface area contributed by atoms with Gasteiger partial charge in [0.1, 0.15) is 5.75 Å². The Morgan fingerprint density at radius 1 is 1.10 bits per heavy atom. The van der Waals surface area contributed by atoms with Crippen molar-refractivity contribution in [2.24, 2.45) is 0 Å². The molecule has 0 aliphatic rings. The highest BCUT2D eigenvalue weighted by Crippen LogP contribution is 2.34. The van der Waals surface area contributed by atoms with Gasteiger partial charge in [0, 0.05) is 24.3 Å². The third-order valence-electron chi connectivity index (χ3n) is 3.14. The standard InChI is InChI=1S/C15H23NO5/c1-15(2,6-7-17)16-14(18)10-8-12(20-4)13(21-5)9-11(10)19-3/h8-9,17H,6-7H2,1-5H3,(H,16,18). The number of carbonyl (C=O) groups is 1. The van der Waals surface area contributed by atoms with E-state index in [2.05, 4.69) is 5.32 Å². The van der Waals surface area contributed by atoms with Crippen molar-refractivity contribution in [2.45, 2.75) is 25.8 Å². The smallest absolute Gasteiger partial charge is 0.255 e. The summed E-state index contributed by atoms with van der Waals surface area (Å²) in [6, 6.07) is 3.18. The molecule has 6 heteroatoms. The fourth-order valence-corrected chi connectivity index (χ4v) is 1.92. The SMILES string of the molecule is COc1cc(OC)c(C(=O)NC(C)(C)CCO)cc1OC. The van der Waals surface area contributed by atoms with E-state index in [9.17, 15) is 4.79 Å². The van der Waals surface area contributed by atoms with Gasteiger partial charge in [0.25, 0.3) is 5.91 Å².